The number of nitrogens with one attached hydrogen (secondary N) is 1. The summed E-state index contributed by atoms with van der Waals surface area (Å²) in [7, 11) is 6.41. The number of hydrogen-bond acceptors (Lipinski definition) is 1. The lowest BCUT2D eigenvalue weighted by molar-refractivity contribution is 0.699. The number of hydrogen-bond donors (Lipinski definition) is 1. The van der Waals surface area contributed by atoms with Crippen molar-refractivity contribution in [2.45, 2.75) is 19.9 Å². The van der Waals surface area contributed by atoms with E-state index in [0.29, 0.717) is 6.04 Å². The van der Waals surface area contributed by atoms with E-state index in [1.165, 1.54) is 0 Å². The minimum atomic E-state index is 0.301. The van der Waals surface area contributed by atoms with Crippen molar-refractivity contribution in [3.63, 3.8) is 0 Å². The Morgan fingerprint density at radius 3 is 1.80 bits per heavy atom. The van der Waals surface area contributed by atoms with Crippen molar-refractivity contribution >= 4 is 0 Å². The Morgan fingerprint density at radius 1 is 1.60 bits per heavy atom. The van der Waals surface area contributed by atoms with Gasteiger partial charge in [-0.3, -0.25) is 0 Å². The topological polar surface area (TPSA) is 12.0 Å². The molecule has 0 aliphatic carbocycles. The summed E-state index contributed by atoms with van der Waals surface area (Å²) in [5.41, 5.74) is 0. The van der Waals surface area contributed by atoms with E-state index >= 15 is 0 Å². The minimum Gasteiger partial charge on any atom is -0.304 e. The van der Waals surface area contributed by atoms with Gasteiger partial charge in [0, 0.05) is 6.04 Å². The second kappa shape index (κ2) is 2.21. The summed E-state index contributed by atoms with van der Waals surface area (Å²) in [6.07, 6.45) is 0. The van der Waals surface area contributed by atoms with E-state index in [0.717, 1.165) is 0 Å². The lowest BCUT2D eigenvalue weighted by Crippen LogP contribution is -2.12. The Balaban J connectivity index is 2.54. The molecule has 0 saturated carbocycles. The van der Waals surface area contributed by atoms with Gasteiger partial charge in [0.15, 0.2) is 0 Å². The molecule has 5 heavy (non-hydrogen) atoms. The van der Waals surface area contributed by atoms with Gasteiger partial charge in [0.05, 0.1) is 7.05 Å². The van der Waals surface area contributed by atoms with Crippen molar-refractivity contribution in [1.29, 1.82) is 0 Å². The molecule has 0 unspecified atom stereocenters. The highest BCUT2D eigenvalue weighted by molar-refractivity contribution is 4.45. The fraction of sp³-hybridized carbons (Fsp3) is 0.750. The minimum absolute atomic E-state index is 0.301. The van der Waals surface area contributed by atoms with E-state index in [9.17, 15) is 0 Å². The van der Waals surface area contributed by atoms with Gasteiger partial charge < -0.3 is 5.32 Å². The molecule has 3 radical (unpaired) electrons. The molecule has 0 aliphatic rings. The average molecular weight is 70.1 g/mol. The fourth-order valence-corrected chi connectivity index (χ4v) is 0. The quantitative estimate of drug-likeness (QED) is 0.474. The molecule has 0 aliphatic heterocycles. The summed E-state index contributed by atoms with van der Waals surface area (Å²) >= 11 is 0. The van der Waals surface area contributed by atoms with Crippen molar-refractivity contribution in [2.24, 2.45) is 0 Å². The molecule has 0 atom stereocenters. The van der Waals surface area contributed by atoms with Crippen LogP contribution in [0.15, 0.2) is 0 Å². The van der Waals surface area contributed by atoms with Crippen LogP contribution < -0.4 is 5.32 Å². The van der Waals surface area contributed by atoms with Crippen LogP contribution in [-0.2, 0) is 0 Å². The fourth-order valence-electron chi connectivity index (χ4n) is 0. The molecule has 0 spiro atoms. The van der Waals surface area contributed by atoms with Gasteiger partial charge in [-0.1, -0.05) is 13.8 Å². The van der Waals surface area contributed by atoms with Gasteiger partial charge in [-0.15, -0.1) is 0 Å². The lowest BCUT2D eigenvalue weighted by Gasteiger charge is -1.94. The average Bonchev–Trinajstić information content (AvgIpc) is 1.38. The molecular weight excluding hydrogens is 62.1 g/mol. The van der Waals surface area contributed by atoms with E-state index in [1.807, 2.05) is 13.8 Å². The van der Waals surface area contributed by atoms with Gasteiger partial charge in [0.25, 0.3) is 0 Å². The zero-order chi connectivity index (χ0) is 4.28. The van der Waals surface area contributed by atoms with Crippen LogP contribution >= 0.6 is 0 Å². The Bertz CT molecular complexity index is 17.6. The highest BCUT2D eigenvalue weighted by Gasteiger charge is 1.77. The SMILES string of the molecule is [C]NC(C)C. The molecule has 0 aromatic heterocycles. The van der Waals surface area contributed by atoms with Crippen LogP contribution in [-0.4, -0.2) is 6.04 Å². The first-order valence-corrected chi connectivity index (χ1v) is 1.69. The summed E-state index contributed by atoms with van der Waals surface area (Å²) in [5, 5.41) is 2.28. The second-order valence-corrected chi connectivity index (χ2v) is 1.30. The van der Waals surface area contributed by atoms with Gasteiger partial charge in [0.1, 0.15) is 0 Å². The van der Waals surface area contributed by atoms with Gasteiger partial charge in [0.2, 0.25) is 0 Å². The predicted molar refractivity (Wildman–Crippen MR) is 21.5 cm³/mol. The summed E-state index contributed by atoms with van der Waals surface area (Å²) in [4.78, 5) is 0. The predicted octanol–water partition coefficient (Wildman–Crippen LogP) is 0.530. The summed E-state index contributed by atoms with van der Waals surface area (Å²) in [5.74, 6) is 0. The Kier molecular flexibility index (Phi) is 2.19. The smallest absolute Gasteiger partial charge is 0.0853 e. The molecule has 29 valence electrons. The van der Waals surface area contributed by atoms with Gasteiger partial charge >= 0.3 is 0 Å². The van der Waals surface area contributed by atoms with E-state index in [1.54, 1.807) is 0 Å². The maximum atomic E-state index is 6.41. The van der Waals surface area contributed by atoms with E-state index in [-0.39, 0.29) is 0 Å². The zero-order valence-electron chi connectivity index (χ0n) is 3.58. The van der Waals surface area contributed by atoms with Crippen molar-refractivity contribution in [1.82, 2.24) is 5.32 Å². The molecule has 0 heterocycles. The van der Waals surface area contributed by atoms with E-state index in [4.69, 9.17) is 7.05 Å². The van der Waals surface area contributed by atoms with Gasteiger partial charge in [-0.05, 0) is 0 Å². The Labute approximate surface area is 33.4 Å². The van der Waals surface area contributed by atoms with Gasteiger partial charge in [-0.25, -0.2) is 0 Å². The molecule has 0 bridgehead atoms. The molecule has 0 aromatic rings. The van der Waals surface area contributed by atoms with E-state index in [2.05, 4.69) is 5.32 Å². The summed E-state index contributed by atoms with van der Waals surface area (Å²) < 4.78 is 0. The molecule has 0 saturated heterocycles. The molecule has 1 nitrogen and oxygen atoms in total. The Hall–Kier alpha value is -0.0400. The maximum absolute atomic E-state index is 6.41. The third kappa shape index (κ3) is 3.96. The molecule has 0 fully saturated rings. The lowest BCUT2D eigenvalue weighted by atomic mass is 10.4. The van der Waals surface area contributed by atoms with Crippen LogP contribution in [0.25, 0.3) is 0 Å². The van der Waals surface area contributed by atoms with Crippen molar-refractivity contribution in [2.75, 3.05) is 0 Å². The van der Waals surface area contributed by atoms with Crippen LogP contribution in [0, 0.1) is 7.05 Å². The van der Waals surface area contributed by atoms with Crippen LogP contribution in [0.2, 0.25) is 0 Å². The van der Waals surface area contributed by atoms with Crippen molar-refractivity contribution in [3.05, 3.63) is 7.05 Å². The highest BCUT2D eigenvalue weighted by Crippen LogP contribution is 1.67. The van der Waals surface area contributed by atoms with Crippen LogP contribution in [0.4, 0.5) is 0 Å². The Morgan fingerprint density at radius 2 is 1.80 bits per heavy atom. The molecular formula is C4H8N. The third-order valence-corrected chi connectivity index (χ3v) is 0.289. The molecule has 0 amide bonds. The first kappa shape index (κ1) is 4.96. The van der Waals surface area contributed by atoms with Crippen LogP contribution in [0.3, 0.4) is 0 Å². The molecule has 1 N–H and O–H groups in total. The summed E-state index contributed by atoms with van der Waals surface area (Å²) in [6, 6.07) is 0.301. The zero-order valence-corrected chi connectivity index (χ0v) is 3.58. The maximum Gasteiger partial charge on any atom is 0.0853 e. The largest absolute Gasteiger partial charge is 0.304 e. The van der Waals surface area contributed by atoms with Gasteiger partial charge in [-0.2, -0.15) is 0 Å². The first-order valence-electron chi connectivity index (χ1n) is 1.69. The van der Waals surface area contributed by atoms with Crippen LogP contribution in [0.1, 0.15) is 13.8 Å². The molecule has 0 aromatic carbocycles. The molecule has 0 rings (SSSR count). The first-order chi connectivity index (χ1) is 2.27. The normalized spacial score (nSPS) is 9.60. The number of rotatable bonds is 1. The molecule has 1 heteroatoms. The van der Waals surface area contributed by atoms with Crippen molar-refractivity contribution in [3.8, 4) is 0 Å². The monoisotopic (exact) mass is 70.1 g/mol. The second-order valence-electron chi connectivity index (χ2n) is 1.30. The highest BCUT2D eigenvalue weighted by atomic mass is 14.8. The van der Waals surface area contributed by atoms with Crippen molar-refractivity contribution < 1.29 is 0 Å². The standard InChI is InChI=1S/C4H8N/c1-4(2)5-3/h4-5H,1-2H3. The summed E-state index contributed by atoms with van der Waals surface area (Å²) in [6.45, 7) is 3.85. The van der Waals surface area contributed by atoms with Crippen LogP contribution in [0.5, 0.6) is 0 Å². The third-order valence-electron chi connectivity index (χ3n) is 0.289. The van der Waals surface area contributed by atoms with E-state index < -0.39 is 0 Å².